The van der Waals surface area contributed by atoms with Gasteiger partial charge in [0, 0.05) is 32.9 Å². The Morgan fingerprint density at radius 3 is 3.00 bits per heavy atom. The van der Waals surface area contributed by atoms with Crippen molar-refractivity contribution in [2.75, 3.05) is 45.7 Å². The molecule has 0 saturated carbocycles. The van der Waals surface area contributed by atoms with Gasteiger partial charge in [-0.15, -0.1) is 0 Å². The maximum atomic E-state index is 5.64. The first-order valence-corrected chi connectivity index (χ1v) is 6.22. The smallest absolute Gasteiger partial charge is 0.136 e. The van der Waals surface area contributed by atoms with E-state index in [2.05, 4.69) is 15.2 Å². The molecule has 100 valence electrons. The first-order valence-electron chi connectivity index (χ1n) is 5.81. The number of likely N-dealkylation sites (N-methyl/N-ethyl adjacent to an activating group) is 1. The summed E-state index contributed by atoms with van der Waals surface area (Å²) < 4.78 is 5.02. The Bertz CT molecular complexity index is 386. The van der Waals surface area contributed by atoms with Gasteiger partial charge in [-0.2, -0.15) is 0 Å². The number of rotatable bonds is 8. The van der Waals surface area contributed by atoms with Crippen molar-refractivity contribution in [3.8, 4) is 0 Å². The third-order valence-electron chi connectivity index (χ3n) is 2.54. The highest BCUT2D eigenvalue weighted by Crippen LogP contribution is 2.10. The van der Waals surface area contributed by atoms with Gasteiger partial charge in [0.2, 0.25) is 0 Å². The standard InChI is InChI=1S/C12H20N4OS/c1-16(8-9-17-2)7-6-15-12-10(11(13)18)4-3-5-14-12/h3-5H,6-9H2,1-2H3,(H2,13,18)(H,14,15). The first kappa shape index (κ1) is 14.8. The van der Waals surface area contributed by atoms with E-state index in [1.54, 1.807) is 13.3 Å². The summed E-state index contributed by atoms with van der Waals surface area (Å²) in [7, 11) is 3.75. The molecule has 1 aromatic rings. The largest absolute Gasteiger partial charge is 0.389 e. The highest BCUT2D eigenvalue weighted by molar-refractivity contribution is 7.80. The van der Waals surface area contributed by atoms with Gasteiger partial charge in [0.1, 0.15) is 10.8 Å². The molecule has 6 heteroatoms. The number of hydrogen-bond acceptors (Lipinski definition) is 5. The minimum absolute atomic E-state index is 0.360. The number of anilines is 1. The average molecular weight is 268 g/mol. The molecular weight excluding hydrogens is 248 g/mol. The van der Waals surface area contributed by atoms with Crippen LogP contribution in [0.4, 0.5) is 5.82 Å². The fraction of sp³-hybridized carbons (Fsp3) is 0.500. The third kappa shape index (κ3) is 4.95. The second-order valence-electron chi connectivity index (χ2n) is 3.99. The van der Waals surface area contributed by atoms with E-state index >= 15 is 0 Å². The molecule has 3 N–H and O–H groups in total. The van der Waals surface area contributed by atoms with Crippen molar-refractivity contribution in [2.45, 2.75) is 0 Å². The molecular formula is C12H20N4OS. The monoisotopic (exact) mass is 268 g/mol. The van der Waals surface area contributed by atoms with Crippen LogP contribution in [-0.2, 0) is 4.74 Å². The number of nitrogens with zero attached hydrogens (tertiary/aromatic N) is 2. The SMILES string of the molecule is COCCN(C)CCNc1ncccc1C(N)=S. The van der Waals surface area contributed by atoms with Crippen LogP contribution in [0.3, 0.4) is 0 Å². The van der Waals surface area contributed by atoms with Gasteiger partial charge in [-0.1, -0.05) is 12.2 Å². The third-order valence-corrected chi connectivity index (χ3v) is 2.76. The molecule has 0 radical (unpaired) electrons. The molecule has 0 unspecified atom stereocenters. The van der Waals surface area contributed by atoms with E-state index in [4.69, 9.17) is 22.7 Å². The average Bonchev–Trinajstić information content (AvgIpc) is 2.36. The van der Waals surface area contributed by atoms with Crippen LogP contribution in [-0.4, -0.2) is 55.3 Å². The first-order chi connectivity index (χ1) is 8.65. The highest BCUT2D eigenvalue weighted by atomic mass is 32.1. The predicted octanol–water partition coefficient (Wildman–Crippen LogP) is 0.706. The zero-order valence-corrected chi connectivity index (χ0v) is 11.7. The van der Waals surface area contributed by atoms with Crippen LogP contribution >= 0.6 is 12.2 Å². The number of aromatic nitrogens is 1. The molecule has 0 aliphatic carbocycles. The van der Waals surface area contributed by atoms with E-state index in [1.165, 1.54) is 0 Å². The Morgan fingerprint density at radius 2 is 2.33 bits per heavy atom. The van der Waals surface area contributed by atoms with Crippen LogP contribution in [0.5, 0.6) is 0 Å². The van der Waals surface area contributed by atoms with Crippen molar-refractivity contribution in [1.82, 2.24) is 9.88 Å². The summed E-state index contributed by atoms with van der Waals surface area (Å²) in [5, 5.41) is 3.24. The lowest BCUT2D eigenvalue weighted by molar-refractivity contribution is 0.163. The van der Waals surface area contributed by atoms with E-state index in [9.17, 15) is 0 Å². The van der Waals surface area contributed by atoms with E-state index in [0.29, 0.717) is 4.99 Å². The van der Waals surface area contributed by atoms with Crippen LogP contribution in [0.2, 0.25) is 0 Å². The van der Waals surface area contributed by atoms with Crippen LogP contribution in [0.25, 0.3) is 0 Å². The molecule has 5 nitrogen and oxygen atoms in total. The number of nitrogens with two attached hydrogens (primary N) is 1. The molecule has 0 aliphatic rings. The van der Waals surface area contributed by atoms with Gasteiger partial charge >= 0.3 is 0 Å². The second-order valence-corrected chi connectivity index (χ2v) is 4.43. The Labute approximate surface area is 113 Å². The summed E-state index contributed by atoms with van der Waals surface area (Å²) in [6.45, 7) is 3.32. The summed E-state index contributed by atoms with van der Waals surface area (Å²) in [5.41, 5.74) is 6.42. The molecule has 18 heavy (non-hydrogen) atoms. The van der Waals surface area contributed by atoms with Crippen molar-refractivity contribution >= 4 is 23.0 Å². The molecule has 0 aliphatic heterocycles. The molecule has 0 aromatic carbocycles. The van der Waals surface area contributed by atoms with Gasteiger partial charge in [-0.3, -0.25) is 0 Å². The summed E-state index contributed by atoms with van der Waals surface area (Å²) in [4.78, 5) is 6.78. The molecule has 0 spiro atoms. The Morgan fingerprint density at radius 1 is 1.56 bits per heavy atom. The second kappa shape index (κ2) is 7.97. The summed E-state index contributed by atoms with van der Waals surface area (Å²) in [5.74, 6) is 0.741. The minimum Gasteiger partial charge on any atom is -0.389 e. The number of hydrogen-bond donors (Lipinski definition) is 2. The molecule has 1 heterocycles. The molecule has 1 aromatic heterocycles. The molecule has 0 fully saturated rings. The summed E-state index contributed by atoms with van der Waals surface area (Å²) in [6, 6.07) is 3.69. The lowest BCUT2D eigenvalue weighted by Gasteiger charge is -2.17. The fourth-order valence-electron chi connectivity index (χ4n) is 1.47. The molecule has 1 rings (SSSR count). The number of nitrogens with one attached hydrogen (secondary N) is 1. The summed E-state index contributed by atoms with van der Waals surface area (Å²) in [6.07, 6.45) is 1.72. The van der Waals surface area contributed by atoms with Gasteiger partial charge in [-0.05, 0) is 19.2 Å². The zero-order valence-electron chi connectivity index (χ0n) is 10.8. The molecule has 0 bridgehead atoms. The summed E-state index contributed by atoms with van der Waals surface area (Å²) >= 11 is 4.98. The zero-order chi connectivity index (χ0) is 13.4. The Kier molecular flexibility index (Phi) is 6.56. The number of ether oxygens (including phenoxy) is 1. The number of thiocarbonyl (C=S) groups is 1. The van der Waals surface area contributed by atoms with Crippen molar-refractivity contribution in [2.24, 2.45) is 5.73 Å². The molecule has 0 saturated heterocycles. The Hall–Kier alpha value is -1.24. The van der Waals surface area contributed by atoms with Crippen molar-refractivity contribution < 1.29 is 4.74 Å². The molecule has 0 atom stereocenters. The lowest BCUT2D eigenvalue weighted by Crippen LogP contribution is -2.28. The van der Waals surface area contributed by atoms with Crippen LogP contribution in [0.1, 0.15) is 5.56 Å². The van der Waals surface area contributed by atoms with Crippen LogP contribution in [0.15, 0.2) is 18.3 Å². The molecule has 0 amide bonds. The van der Waals surface area contributed by atoms with Gasteiger partial charge < -0.3 is 20.7 Å². The van der Waals surface area contributed by atoms with E-state index in [1.807, 2.05) is 19.2 Å². The quantitative estimate of drug-likeness (QED) is 0.677. The number of methoxy groups -OCH3 is 1. The minimum atomic E-state index is 0.360. The van der Waals surface area contributed by atoms with E-state index in [-0.39, 0.29) is 0 Å². The van der Waals surface area contributed by atoms with E-state index in [0.717, 1.165) is 37.6 Å². The van der Waals surface area contributed by atoms with Crippen molar-refractivity contribution in [1.29, 1.82) is 0 Å². The maximum absolute atomic E-state index is 5.64. The number of pyridine rings is 1. The van der Waals surface area contributed by atoms with Crippen molar-refractivity contribution in [3.05, 3.63) is 23.9 Å². The van der Waals surface area contributed by atoms with Gasteiger partial charge in [0.15, 0.2) is 0 Å². The van der Waals surface area contributed by atoms with Crippen LogP contribution in [0, 0.1) is 0 Å². The fourth-order valence-corrected chi connectivity index (χ4v) is 1.63. The predicted molar refractivity (Wildman–Crippen MR) is 78.0 cm³/mol. The Balaban J connectivity index is 2.41. The normalized spacial score (nSPS) is 10.6. The van der Waals surface area contributed by atoms with Gasteiger partial charge in [0.05, 0.1) is 12.2 Å². The topological polar surface area (TPSA) is 63.4 Å². The van der Waals surface area contributed by atoms with Crippen LogP contribution < -0.4 is 11.1 Å². The van der Waals surface area contributed by atoms with Gasteiger partial charge in [-0.25, -0.2) is 4.98 Å². The maximum Gasteiger partial charge on any atom is 0.136 e. The lowest BCUT2D eigenvalue weighted by atomic mass is 10.2. The van der Waals surface area contributed by atoms with E-state index < -0.39 is 0 Å². The van der Waals surface area contributed by atoms with Crippen molar-refractivity contribution in [3.63, 3.8) is 0 Å². The van der Waals surface area contributed by atoms with Gasteiger partial charge in [0.25, 0.3) is 0 Å². The highest BCUT2D eigenvalue weighted by Gasteiger charge is 2.05.